The number of carbonyl (C=O) groups excluding carboxylic acids is 1. The number of nitrogens with zero attached hydrogens (tertiary/aromatic N) is 1. The van der Waals surface area contributed by atoms with Crippen LogP contribution in [0.1, 0.15) is 31.1 Å². The number of likely N-dealkylation sites (tertiary alicyclic amines) is 1. The van der Waals surface area contributed by atoms with Gasteiger partial charge in [0, 0.05) is 18.4 Å². The van der Waals surface area contributed by atoms with Gasteiger partial charge in [0.2, 0.25) is 5.91 Å². The molecule has 1 fully saturated rings. The fourth-order valence-electron chi connectivity index (χ4n) is 2.52. The first-order valence-corrected chi connectivity index (χ1v) is 6.68. The van der Waals surface area contributed by atoms with Crippen LogP contribution in [0.25, 0.3) is 11.0 Å². The van der Waals surface area contributed by atoms with Gasteiger partial charge in [-0.3, -0.25) is 4.79 Å². The number of aliphatic hydroxyl groups is 1. The number of aliphatic hydroxyl groups excluding tert-OH is 1. The lowest BCUT2D eigenvalue weighted by molar-refractivity contribution is -0.134. The van der Waals surface area contributed by atoms with Crippen molar-refractivity contribution in [2.45, 2.75) is 25.4 Å². The van der Waals surface area contributed by atoms with Crippen LogP contribution in [0.3, 0.4) is 0 Å². The summed E-state index contributed by atoms with van der Waals surface area (Å²) in [5, 5.41) is 11.2. The first kappa shape index (κ1) is 12.2. The number of fused-ring (bicyclic) bond motifs is 1. The highest BCUT2D eigenvalue weighted by atomic mass is 16.4. The molecule has 0 spiro atoms. The topological polar surface area (TPSA) is 53.7 Å². The highest BCUT2D eigenvalue weighted by molar-refractivity contribution is 5.78. The maximum Gasteiger partial charge on any atom is 0.222 e. The first-order chi connectivity index (χ1) is 9.24. The zero-order chi connectivity index (χ0) is 13.2. The van der Waals surface area contributed by atoms with Gasteiger partial charge in [0.15, 0.2) is 0 Å². The van der Waals surface area contributed by atoms with E-state index in [2.05, 4.69) is 0 Å². The van der Waals surface area contributed by atoms with Crippen molar-refractivity contribution in [3.8, 4) is 0 Å². The Morgan fingerprint density at radius 3 is 2.95 bits per heavy atom. The molecule has 1 unspecified atom stereocenters. The molecule has 1 aliphatic rings. The van der Waals surface area contributed by atoms with Crippen molar-refractivity contribution in [2.75, 3.05) is 13.1 Å². The van der Waals surface area contributed by atoms with E-state index in [1.165, 1.54) is 0 Å². The number of β-amino-alcohol motifs (C(OH)–C–C–N with tert-alkyl or cyclic N) is 1. The van der Waals surface area contributed by atoms with Gasteiger partial charge in [0.05, 0.1) is 6.54 Å². The highest BCUT2D eigenvalue weighted by Gasteiger charge is 2.23. The Balaban J connectivity index is 1.75. The molecule has 1 N–H and O–H groups in total. The molecule has 0 radical (unpaired) electrons. The third-order valence-corrected chi connectivity index (χ3v) is 3.59. The molecule has 0 saturated carbocycles. The van der Waals surface area contributed by atoms with Crippen LogP contribution < -0.4 is 0 Å². The van der Waals surface area contributed by atoms with Crippen molar-refractivity contribution in [3.05, 3.63) is 36.1 Å². The number of hydrogen-bond acceptors (Lipinski definition) is 3. The van der Waals surface area contributed by atoms with Crippen molar-refractivity contribution in [1.29, 1.82) is 0 Å². The average molecular weight is 259 g/mol. The van der Waals surface area contributed by atoms with Crippen LogP contribution in [-0.4, -0.2) is 29.0 Å². The lowest BCUT2D eigenvalue weighted by atomic mass is 10.1. The standard InChI is InChI=1S/C15H17NO3/c17-12(10-16-8-4-3-7-15(16)18)14-9-11-5-1-2-6-13(11)19-14/h1-2,5-6,9,12,17H,3-4,7-8,10H2. The van der Waals surface area contributed by atoms with Crippen molar-refractivity contribution < 1.29 is 14.3 Å². The molecular weight excluding hydrogens is 242 g/mol. The first-order valence-electron chi connectivity index (χ1n) is 6.68. The molecule has 0 aliphatic carbocycles. The van der Waals surface area contributed by atoms with Crippen LogP contribution in [0.2, 0.25) is 0 Å². The fourth-order valence-corrected chi connectivity index (χ4v) is 2.52. The molecule has 1 aliphatic heterocycles. The molecule has 19 heavy (non-hydrogen) atoms. The Kier molecular flexibility index (Phi) is 3.25. The van der Waals surface area contributed by atoms with Crippen LogP contribution in [0.5, 0.6) is 0 Å². The van der Waals surface area contributed by atoms with E-state index in [1.54, 1.807) is 4.90 Å². The normalized spacial score (nSPS) is 17.9. The molecule has 2 heterocycles. The molecule has 100 valence electrons. The van der Waals surface area contributed by atoms with E-state index < -0.39 is 6.10 Å². The molecule has 1 atom stereocenters. The minimum atomic E-state index is -0.755. The summed E-state index contributed by atoms with van der Waals surface area (Å²) in [5.41, 5.74) is 0.765. The van der Waals surface area contributed by atoms with Gasteiger partial charge in [0.25, 0.3) is 0 Å². The zero-order valence-electron chi connectivity index (χ0n) is 10.7. The summed E-state index contributed by atoms with van der Waals surface area (Å²) in [6, 6.07) is 9.49. The van der Waals surface area contributed by atoms with Gasteiger partial charge in [-0.25, -0.2) is 0 Å². The highest BCUT2D eigenvalue weighted by Crippen LogP contribution is 2.25. The molecule has 4 nitrogen and oxygen atoms in total. The number of amides is 1. The summed E-state index contributed by atoms with van der Waals surface area (Å²) in [4.78, 5) is 13.4. The zero-order valence-corrected chi connectivity index (χ0v) is 10.7. The summed E-state index contributed by atoms with van der Waals surface area (Å²) in [6.45, 7) is 1.05. The molecule has 1 aromatic heterocycles. The van der Waals surface area contributed by atoms with Crippen LogP contribution in [0.15, 0.2) is 34.7 Å². The third kappa shape index (κ3) is 2.49. The van der Waals surface area contributed by atoms with E-state index in [4.69, 9.17) is 4.42 Å². The number of benzene rings is 1. The molecular formula is C15H17NO3. The number of piperidine rings is 1. The molecule has 1 saturated heterocycles. The minimum Gasteiger partial charge on any atom is -0.458 e. The Labute approximate surface area is 111 Å². The van der Waals surface area contributed by atoms with Gasteiger partial charge in [-0.05, 0) is 25.0 Å². The molecule has 1 aromatic carbocycles. The van der Waals surface area contributed by atoms with Crippen molar-refractivity contribution in [3.63, 3.8) is 0 Å². The Hall–Kier alpha value is -1.81. The van der Waals surface area contributed by atoms with E-state index in [9.17, 15) is 9.90 Å². The van der Waals surface area contributed by atoms with Crippen LogP contribution in [-0.2, 0) is 4.79 Å². The predicted octanol–water partition coefficient (Wildman–Crippen LogP) is 2.48. The van der Waals surface area contributed by atoms with Crippen molar-refractivity contribution in [2.24, 2.45) is 0 Å². The summed E-state index contributed by atoms with van der Waals surface area (Å²) >= 11 is 0. The monoisotopic (exact) mass is 259 g/mol. The molecule has 4 heteroatoms. The smallest absolute Gasteiger partial charge is 0.222 e. The maximum atomic E-state index is 11.7. The van der Waals surface area contributed by atoms with E-state index in [0.717, 1.165) is 30.4 Å². The van der Waals surface area contributed by atoms with E-state index >= 15 is 0 Å². The van der Waals surface area contributed by atoms with Gasteiger partial charge < -0.3 is 14.4 Å². The van der Waals surface area contributed by atoms with Gasteiger partial charge in [0.1, 0.15) is 17.4 Å². The number of para-hydroxylation sites is 1. The second-order valence-electron chi connectivity index (χ2n) is 5.00. The molecule has 0 bridgehead atoms. The van der Waals surface area contributed by atoms with Gasteiger partial charge in [-0.15, -0.1) is 0 Å². The van der Waals surface area contributed by atoms with Gasteiger partial charge >= 0.3 is 0 Å². The summed E-state index contributed by atoms with van der Waals surface area (Å²) in [5.74, 6) is 0.654. The Bertz CT molecular complexity index is 557. The second kappa shape index (κ2) is 5.05. The quantitative estimate of drug-likeness (QED) is 0.921. The van der Waals surface area contributed by atoms with E-state index in [-0.39, 0.29) is 5.91 Å². The summed E-state index contributed by atoms with van der Waals surface area (Å²) in [7, 11) is 0. The van der Waals surface area contributed by atoms with Crippen LogP contribution in [0.4, 0.5) is 0 Å². The number of hydrogen-bond donors (Lipinski definition) is 1. The Morgan fingerprint density at radius 1 is 1.32 bits per heavy atom. The minimum absolute atomic E-state index is 0.126. The number of rotatable bonds is 3. The lowest BCUT2D eigenvalue weighted by Gasteiger charge is -2.28. The summed E-state index contributed by atoms with van der Waals surface area (Å²) < 4.78 is 5.62. The number of carbonyl (C=O) groups is 1. The molecule has 1 amide bonds. The number of furan rings is 1. The maximum absolute atomic E-state index is 11.7. The van der Waals surface area contributed by atoms with Gasteiger partial charge in [-0.2, -0.15) is 0 Å². The van der Waals surface area contributed by atoms with Crippen LogP contribution >= 0.6 is 0 Å². The van der Waals surface area contributed by atoms with Crippen molar-refractivity contribution in [1.82, 2.24) is 4.90 Å². The van der Waals surface area contributed by atoms with E-state index in [0.29, 0.717) is 18.7 Å². The van der Waals surface area contributed by atoms with Crippen molar-refractivity contribution >= 4 is 16.9 Å². The van der Waals surface area contributed by atoms with E-state index in [1.807, 2.05) is 30.3 Å². The average Bonchev–Trinajstić information content (AvgIpc) is 2.85. The largest absolute Gasteiger partial charge is 0.458 e. The lowest BCUT2D eigenvalue weighted by Crippen LogP contribution is -2.38. The summed E-state index contributed by atoms with van der Waals surface area (Å²) in [6.07, 6.45) is 1.80. The SMILES string of the molecule is O=C1CCCCN1CC(O)c1cc2ccccc2o1. The van der Waals surface area contributed by atoms with Crippen LogP contribution in [0, 0.1) is 0 Å². The van der Waals surface area contributed by atoms with Gasteiger partial charge in [-0.1, -0.05) is 18.2 Å². The molecule has 3 rings (SSSR count). The third-order valence-electron chi connectivity index (χ3n) is 3.59. The Morgan fingerprint density at radius 2 is 2.16 bits per heavy atom. The fraction of sp³-hybridized carbons (Fsp3) is 0.400. The second-order valence-corrected chi connectivity index (χ2v) is 5.00. The predicted molar refractivity (Wildman–Crippen MR) is 71.6 cm³/mol. The molecule has 2 aromatic rings.